The lowest BCUT2D eigenvalue weighted by Gasteiger charge is -2.13. The molecule has 1 atom stereocenters. The number of hydrogen-bond acceptors (Lipinski definition) is 4. The van der Waals surface area contributed by atoms with Gasteiger partial charge in [-0.05, 0) is 24.1 Å². The van der Waals surface area contributed by atoms with E-state index in [0.29, 0.717) is 0 Å². The summed E-state index contributed by atoms with van der Waals surface area (Å²) in [5.41, 5.74) is 3.24. The first-order valence-corrected chi connectivity index (χ1v) is 6.49. The third kappa shape index (κ3) is 2.71. The molecule has 0 saturated carbocycles. The zero-order chi connectivity index (χ0) is 13.8. The number of pyridine rings is 1. The largest absolute Gasteiger partial charge is 0.330 e. The molecule has 100 valence electrons. The molecule has 3 heterocycles. The highest BCUT2D eigenvalue weighted by Gasteiger charge is 2.07. The Balaban J connectivity index is 1.75. The van der Waals surface area contributed by atoms with Gasteiger partial charge in [0.1, 0.15) is 6.33 Å². The Morgan fingerprint density at radius 2 is 1.95 bits per heavy atom. The molecule has 0 aliphatic rings. The van der Waals surface area contributed by atoms with Gasteiger partial charge in [0.2, 0.25) is 0 Å². The van der Waals surface area contributed by atoms with E-state index in [0.717, 1.165) is 23.2 Å². The van der Waals surface area contributed by atoms with Crippen LogP contribution in [0.4, 0.5) is 0 Å². The molecule has 0 aliphatic carbocycles. The van der Waals surface area contributed by atoms with Gasteiger partial charge in [0.15, 0.2) is 0 Å². The molecule has 0 N–H and O–H groups in total. The van der Waals surface area contributed by atoms with Crippen molar-refractivity contribution >= 4 is 0 Å². The summed E-state index contributed by atoms with van der Waals surface area (Å²) in [4.78, 5) is 16.6. The van der Waals surface area contributed by atoms with Crippen molar-refractivity contribution in [2.24, 2.45) is 0 Å². The van der Waals surface area contributed by atoms with Crippen LogP contribution in [0, 0.1) is 0 Å². The van der Waals surface area contributed by atoms with E-state index in [1.807, 2.05) is 31.1 Å². The van der Waals surface area contributed by atoms with Gasteiger partial charge in [0.05, 0.1) is 12.4 Å². The minimum absolute atomic E-state index is 0.235. The molecule has 3 aromatic heterocycles. The van der Waals surface area contributed by atoms with Gasteiger partial charge in [-0.3, -0.25) is 4.98 Å². The van der Waals surface area contributed by atoms with Gasteiger partial charge in [-0.15, -0.1) is 0 Å². The maximum absolute atomic E-state index is 4.52. The number of rotatable bonds is 4. The van der Waals surface area contributed by atoms with Crippen LogP contribution in [0.5, 0.6) is 0 Å². The second-order valence-corrected chi connectivity index (χ2v) is 4.69. The minimum atomic E-state index is 0.235. The lowest BCUT2D eigenvalue weighted by atomic mass is 10.1. The summed E-state index contributed by atoms with van der Waals surface area (Å²) >= 11 is 0. The van der Waals surface area contributed by atoms with Crippen LogP contribution in [0.1, 0.15) is 29.8 Å². The summed E-state index contributed by atoms with van der Waals surface area (Å²) in [5, 5.41) is 0. The molecule has 0 spiro atoms. The number of imidazole rings is 1. The van der Waals surface area contributed by atoms with Gasteiger partial charge in [-0.25, -0.2) is 15.0 Å². The van der Waals surface area contributed by atoms with Crippen LogP contribution in [-0.4, -0.2) is 24.5 Å². The Labute approximate surface area is 117 Å². The summed E-state index contributed by atoms with van der Waals surface area (Å²) in [6, 6.07) is 4.39. The van der Waals surface area contributed by atoms with Gasteiger partial charge in [-0.1, -0.05) is 6.07 Å². The maximum Gasteiger partial charge on any atom is 0.115 e. The van der Waals surface area contributed by atoms with Crippen LogP contribution in [-0.2, 0) is 6.42 Å². The fraction of sp³-hybridized carbons (Fsp3) is 0.200. The van der Waals surface area contributed by atoms with E-state index in [-0.39, 0.29) is 6.04 Å². The summed E-state index contributed by atoms with van der Waals surface area (Å²) < 4.78 is 2.06. The molecular formula is C15H15N5. The third-order valence-corrected chi connectivity index (χ3v) is 3.30. The molecule has 1 unspecified atom stereocenters. The van der Waals surface area contributed by atoms with Crippen LogP contribution in [0.25, 0.3) is 0 Å². The standard InChI is InChI=1S/C15H15N5/c1-12(20-5-4-16-11-20)14-2-3-15(19-9-14)6-13-7-17-10-18-8-13/h2-5,7-12H,6H2,1H3. The average Bonchev–Trinajstić information content (AvgIpc) is 3.03. The minimum Gasteiger partial charge on any atom is -0.330 e. The SMILES string of the molecule is CC(c1ccc(Cc2cncnc2)nc1)n1ccnc1. The molecule has 0 aliphatic heterocycles. The second kappa shape index (κ2) is 5.61. The van der Waals surface area contributed by atoms with Crippen molar-refractivity contribution in [3.05, 3.63) is 72.6 Å². The van der Waals surface area contributed by atoms with Crippen molar-refractivity contribution in [2.75, 3.05) is 0 Å². The Morgan fingerprint density at radius 1 is 1.10 bits per heavy atom. The molecule has 5 nitrogen and oxygen atoms in total. The van der Waals surface area contributed by atoms with Crippen molar-refractivity contribution in [1.82, 2.24) is 24.5 Å². The quantitative estimate of drug-likeness (QED) is 0.726. The highest BCUT2D eigenvalue weighted by atomic mass is 15.0. The van der Waals surface area contributed by atoms with E-state index in [1.165, 1.54) is 6.33 Å². The van der Waals surface area contributed by atoms with Gasteiger partial charge < -0.3 is 4.57 Å². The summed E-state index contributed by atoms with van der Waals surface area (Å²) in [6.07, 6.45) is 13.4. The topological polar surface area (TPSA) is 56.5 Å². The molecule has 0 fully saturated rings. The summed E-state index contributed by atoms with van der Waals surface area (Å²) in [5.74, 6) is 0. The first kappa shape index (κ1) is 12.5. The van der Waals surface area contributed by atoms with E-state index >= 15 is 0 Å². The summed E-state index contributed by atoms with van der Waals surface area (Å²) in [7, 11) is 0. The zero-order valence-corrected chi connectivity index (χ0v) is 11.2. The summed E-state index contributed by atoms with van der Waals surface area (Å²) in [6.45, 7) is 2.13. The van der Waals surface area contributed by atoms with Crippen molar-refractivity contribution < 1.29 is 0 Å². The van der Waals surface area contributed by atoms with E-state index in [1.54, 1.807) is 6.20 Å². The molecule has 3 aromatic rings. The smallest absolute Gasteiger partial charge is 0.115 e. The highest BCUT2D eigenvalue weighted by Crippen LogP contribution is 2.17. The van der Waals surface area contributed by atoms with E-state index in [4.69, 9.17) is 0 Å². The fourth-order valence-corrected chi connectivity index (χ4v) is 2.09. The maximum atomic E-state index is 4.52. The third-order valence-electron chi connectivity index (χ3n) is 3.30. The van der Waals surface area contributed by atoms with Crippen LogP contribution in [0.3, 0.4) is 0 Å². The van der Waals surface area contributed by atoms with E-state index in [9.17, 15) is 0 Å². The zero-order valence-electron chi connectivity index (χ0n) is 11.2. The van der Waals surface area contributed by atoms with Crippen LogP contribution >= 0.6 is 0 Å². The van der Waals surface area contributed by atoms with Gasteiger partial charge >= 0.3 is 0 Å². The Hall–Kier alpha value is -2.56. The Bertz CT molecular complexity index is 647. The predicted octanol–water partition coefficient (Wildman–Crippen LogP) is 2.27. The van der Waals surface area contributed by atoms with E-state index < -0.39 is 0 Å². The molecule has 0 aromatic carbocycles. The number of nitrogens with zero attached hydrogens (tertiary/aromatic N) is 5. The molecule has 0 saturated heterocycles. The molecule has 0 bridgehead atoms. The fourth-order valence-electron chi connectivity index (χ4n) is 2.09. The Kier molecular flexibility index (Phi) is 3.50. The first-order chi connectivity index (χ1) is 9.83. The molecule has 20 heavy (non-hydrogen) atoms. The monoisotopic (exact) mass is 265 g/mol. The first-order valence-electron chi connectivity index (χ1n) is 6.49. The van der Waals surface area contributed by atoms with Gasteiger partial charge in [0.25, 0.3) is 0 Å². The van der Waals surface area contributed by atoms with Crippen LogP contribution < -0.4 is 0 Å². The van der Waals surface area contributed by atoms with Crippen molar-refractivity contribution in [3.63, 3.8) is 0 Å². The molecule has 3 rings (SSSR count). The number of aromatic nitrogens is 5. The van der Waals surface area contributed by atoms with Crippen LogP contribution in [0.2, 0.25) is 0 Å². The predicted molar refractivity (Wildman–Crippen MR) is 75.1 cm³/mol. The lowest BCUT2D eigenvalue weighted by molar-refractivity contribution is 0.635. The average molecular weight is 265 g/mol. The lowest BCUT2D eigenvalue weighted by Crippen LogP contribution is -2.05. The highest BCUT2D eigenvalue weighted by molar-refractivity contribution is 5.22. The van der Waals surface area contributed by atoms with Crippen molar-refractivity contribution in [1.29, 1.82) is 0 Å². The number of hydrogen-bond donors (Lipinski definition) is 0. The van der Waals surface area contributed by atoms with Gasteiger partial charge in [0, 0.05) is 43.1 Å². The van der Waals surface area contributed by atoms with Crippen LogP contribution in [0.15, 0.2) is 55.8 Å². The van der Waals surface area contributed by atoms with E-state index in [2.05, 4.69) is 43.6 Å². The Morgan fingerprint density at radius 3 is 2.60 bits per heavy atom. The molecular weight excluding hydrogens is 250 g/mol. The van der Waals surface area contributed by atoms with Gasteiger partial charge in [-0.2, -0.15) is 0 Å². The van der Waals surface area contributed by atoms with Crippen molar-refractivity contribution in [3.8, 4) is 0 Å². The molecule has 0 amide bonds. The second-order valence-electron chi connectivity index (χ2n) is 4.69. The molecule has 5 heteroatoms. The van der Waals surface area contributed by atoms with Crippen molar-refractivity contribution in [2.45, 2.75) is 19.4 Å². The normalized spacial score (nSPS) is 12.2. The molecule has 0 radical (unpaired) electrons.